The van der Waals surface area contributed by atoms with Crippen molar-refractivity contribution in [1.29, 1.82) is 5.26 Å². The van der Waals surface area contributed by atoms with E-state index in [0.717, 1.165) is 47.7 Å². The second kappa shape index (κ2) is 8.59. The third-order valence-corrected chi connectivity index (χ3v) is 7.83. The average Bonchev–Trinajstić information content (AvgIpc) is 2.90. The van der Waals surface area contributed by atoms with Gasteiger partial charge in [0.25, 0.3) is 5.91 Å². The Hall–Kier alpha value is -3.44. The van der Waals surface area contributed by atoms with Gasteiger partial charge in [0.1, 0.15) is 5.54 Å². The van der Waals surface area contributed by atoms with Gasteiger partial charge in [-0.25, -0.2) is 26.5 Å². The van der Waals surface area contributed by atoms with Crippen molar-refractivity contribution in [2.45, 2.75) is 41.9 Å². The molecule has 1 heterocycles. The summed E-state index contributed by atoms with van der Waals surface area (Å²) < 4.78 is 88.7. The van der Waals surface area contributed by atoms with E-state index in [2.05, 4.69) is 0 Å². The average molecular weight is 544 g/mol. The van der Waals surface area contributed by atoms with Gasteiger partial charge < -0.3 is 4.90 Å². The number of urea groups is 1. The van der Waals surface area contributed by atoms with Crippen LogP contribution in [0.1, 0.15) is 30.5 Å². The number of alkyl halides is 3. The number of nitriles is 1. The Balaban J connectivity index is 2.11. The van der Waals surface area contributed by atoms with Crippen LogP contribution in [-0.4, -0.2) is 51.7 Å². The van der Waals surface area contributed by atoms with Crippen LogP contribution < -0.4 is 4.90 Å². The largest absolute Gasteiger partial charge is 0.417 e. The predicted molar refractivity (Wildman–Crippen MR) is 121 cm³/mol. The van der Waals surface area contributed by atoms with Crippen LogP contribution in [0.15, 0.2) is 46.2 Å². The summed E-state index contributed by atoms with van der Waals surface area (Å²) >= 11 is 0. The molecular weight excluding hydrogens is 523 g/mol. The first kappa shape index (κ1) is 27.2. The van der Waals surface area contributed by atoms with E-state index in [0.29, 0.717) is 11.0 Å². The number of sulfone groups is 2. The highest BCUT2D eigenvalue weighted by Gasteiger charge is 2.52. The zero-order valence-corrected chi connectivity index (χ0v) is 21.0. The minimum atomic E-state index is -4.92. The normalized spacial score (nSPS) is 16.4. The van der Waals surface area contributed by atoms with Gasteiger partial charge >= 0.3 is 12.2 Å². The number of carbonyl (C=O) groups excluding carboxylic acids is 2. The van der Waals surface area contributed by atoms with Crippen molar-refractivity contribution in [3.8, 4) is 6.07 Å². The first-order valence-electron chi connectivity index (χ1n) is 10.1. The standard InChI is InChI=1S/C22H20F3N3O6S2/c1-21(2)19(29)28(15-6-5-14(11-26)18(9-15)22(23,24)25)20(30)27(21)12-13-7-16(35(3,31)32)10-17(8-13)36(4,33)34/h5-10H,12H2,1-4H3. The van der Waals surface area contributed by atoms with Crippen molar-refractivity contribution in [3.05, 3.63) is 53.1 Å². The Morgan fingerprint density at radius 1 is 0.944 bits per heavy atom. The van der Waals surface area contributed by atoms with Crippen molar-refractivity contribution in [3.63, 3.8) is 0 Å². The molecule has 3 rings (SSSR count). The van der Waals surface area contributed by atoms with Gasteiger partial charge in [0.2, 0.25) is 0 Å². The van der Waals surface area contributed by atoms with E-state index in [9.17, 15) is 39.6 Å². The highest BCUT2D eigenvalue weighted by Crippen LogP contribution is 2.38. The second-order valence-electron chi connectivity index (χ2n) is 8.76. The zero-order chi connectivity index (χ0) is 27.4. The summed E-state index contributed by atoms with van der Waals surface area (Å²) in [5.74, 6) is -0.868. The molecule has 0 spiro atoms. The van der Waals surface area contributed by atoms with Gasteiger partial charge in [-0.3, -0.25) is 4.79 Å². The number of hydrogen-bond donors (Lipinski definition) is 0. The summed E-state index contributed by atoms with van der Waals surface area (Å²) in [4.78, 5) is 27.3. The maximum atomic E-state index is 13.4. The van der Waals surface area contributed by atoms with E-state index in [1.54, 1.807) is 0 Å². The number of halogens is 3. The van der Waals surface area contributed by atoms with Crippen LogP contribution in [0, 0.1) is 11.3 Å². The maximum absolute atomic E-state index is 13.4. The van der Waals surface area contributed by atoms with E-state index in [1.807, 2.05) is 0 Å². The first-order valence-corrected chi connectivity index (χ1v) is 13.9. The van der Waals surface area contributed by atoms with Crippen molar-refractivity contribution in [2.75, 3.05) is 17.4 Å². The lowest BCUT2D eigenvalue weighted by atomic mass is 10.0. The number of nitrogens with zero attached hydrogens (tertiary/aromatic N) is 3. The van der Waals surface area contributed by atoms with E-state index < -0.39 is 66.7 Å². The predicted octanol–water partition coefficient (Wildman–Crippen LogP) is 3.13. The second-order valence-corrected chi connectivity index (χ2v) is 12.8. The van der Waals surface area contributed by atoms with Crippen molar-refractivity contribution in [1.82, 2.24) is 4.90 Å². The summed E-state index contributed by atoms with van der Waals surface area (Å²) in [6.45, 7) is 2.28. The van der Waals surface area contributed by atoms with E-state index in [1.165, 1.54) is 19.9 Å². The third-order valence-electron chi connectivity index (χ3n) is 5.65. The molecule has 0 radical (unpaired) electrons. The number of imide groups is 1. The van der Waals surface area contributed by atoms with Crippen LogP contribution in [0.2, 0.25) is 0 Å². The Morgan fingerprint density at radius 2 is 1.47 bits per heavy atom. The number of carbonyl (C=O) groups is 2. The fourth-order valence-corrected chi connectivity index (χ4v) is 5.15. The number of rotatable bonds is 5. The van der Waals surface area contributed by atoms with Gasteiger partial charge in [0.15, 0.2) is 19.7 Å². The molecule has 14 heteroatoms. The Kier molecular flexibility index (Phi) is 6.48. The van der Waals surface area contributed by atoms with E-state index in [-0.39, 0.29) is 15.4 Å². The van der Waals surface area contributed by atoms with Gasteiger partial charge in [-0.05, 0) is 55.8 Å². The number of anilines is 1. The fraction of sp³-hybridized carbons (Fsp3) is 0.318. The van der Waals surface area contributed by atoms with Crippen molar-refractivity contribution >= 4 is 37.3 Å². The van der Waals surface area contributed by atoms with Crippen molar-refractivity contribution in [2.24, 2.45) is 0 Å². The molecular formula is C22H20F3N3O6S2. The van der Waals surface area contributed by atoms with E-state index in [4.69, 9.17) is 5.26 Å². The lowest BCUT2D eigenvalue weighted by Crippen LogP contribution is -2.43. The van der Waals surface area contributed by atoms with E-state index >= 15 is 0 Å². The molecule has 0 saturated carbocycles. The Bertz CT molecular complexity index is 1490. The molecule has 0 bridgehead atoms. The SMILES string of the molecule is CC1(C)C(=O)N(c2ccc(C#N)c(C(F)(F)F)c2)C(=O)N1Cc1cc(S(C)(=O)=O)cc(S(C)(=O)=O)c1. The van der Waals surface area contributed by atoms with Crippen LogP contribution >= 0.6 is 0 Å². The molecule has 1 fully saturated rings. The zero-order valence-electron chi connectivity index (χ0n) is 19.4. The van der Waals surface area contributed by atoms with Gasteiger partial charge in [-0.2, -0.15) is 18.4 Å². The quantitative estimate of drug-likeness (QED) is 0.529. The third kappa shape index (κ3) is 4.93. The van der Waals surface area contributed by atoms with Gasteiger partial charge in [-0.15, -0.1) is 0 Å². The van der Waals surface area contributed by atoms with Crippen molar-refractivity contribution < 1.29 is 39.6 Å². The molecule has 2 aromatic rings. The minimum Gasteiger partial charge on any atom is -0.305 e. The molecule has 0 unspecified atom stereocenters. The highest BCUT2D eigenvalue weighted by molar-refractivity contribution is 7.91. The summed E-state index contributed by atoms with van der Waals surface area (Å²) in [5.41, 5.74) is -3.93. The monoisotopic (exact) mass is 543 g/mol. The molecule has 0 aliphatic carbocycles. The molecule has 1 aliphatic rings. The molecule has 3 amide bonds. The number of hydrogen-bond acceptors (Lipinski definition) is 7. The summed E-state index contributed by atoms with van der Waals surface area (Å²) in [6.07, 6.45) is -3.18. The number of benzene rings is 2. The van der Waals surface area contributed by atoms with Gasteiger partial charge in [0.05, 0.1) is 32.7 Å². The fourth-order valence-electron chi connectivity index (χ4n) is 3.66. The molecule has 1 aliphatic heterocycles. The molecule has 36 heavy (non-hydrogen) atoms. The smallest absolute Gasteiger partial charge is 0.305 e. The van der Waals surface area contributed by atoms with Gasteiger partial charge in [-0.1, -0.05) is 0 Å². The molecule has 1 saturated heterocycles. The van der Waals surface area contributed by atoms with Crippen LogP contribution in [0.4, 0.5) is 23.7 Å². The van der Waals surface area contributed by atoms with Crippen LogP contribution in [0.5, 0.6) is 0 Å². The van der Waals surface area contributed by atoms with Crippen LogP contribution in [0.3, 0.4) is 0 Å². The van der Waals surface area contributed by atoms with Crippen LogP contribution in [-0.2, 0) is 37.2 Å². The van der Waals surface area contributed by atoms with Crippen LogP contribution in [0.25, 0.3) is 0 Å². The summed E-state index contributed by atoms with van der Waals surface area (Å²) in [6, 6.07) is 6.11. The summed E-state index contributed by atoms with van der Waals surface area (Å²) in [5, 5.41) is 9.00. The summed E-state index contributed by atoms with van der Waals surface area (Å²) in [7, 11) is -7.70. The molecule has 2 aromatic carbocycles. The molecule has 0 aromatic heterocycles. The van der Waals surface area contributed by atoms with Gasteiger partial charge in [0, 0.05) is 19.1 Å². The Morgan fingerprint density at radius 3 is 1.92 bits per heavy atom. The topological polar surface area (TPSA) is 133 Å². The molecule has 0 N–H and O–H groups in total. The lowest BCUT2D eigenvalue weighted by molar-refractivity contribution is -0.137. The minimum absolute atomic E-state index is 0.0743. The maximum Gasteiger partial charge on any atom is 0.417 e. The first-order chi connectivity index (χ1) is 16.3. The Labute approximate surface area is 205 Å². The highest BCUT2D eigenvalue weighted by atomic mass is 32.2. The molecule has 0 atom stereocenters. The lowest BCUT2D eigenvalue weighted by Gasteiger charge is -2.28. The molecule has 9 nitrogen and oxygen atoms in total. The molecule has 192 valence electrons. The number of amides is 3.